The van der Waals surface area contributed by atoms with Gasteiger partial charge >= 0.3 is 0 Å². The van der Waals surface area contributed by atoms with E-state index in [4.69, 9.17) is 0 Å². The molecular weight excluding hydrogens is 382 g/mol. The van der Waals surface area contributed by atoms with Crippen LogP contribution in [0, 0.1) is 0 Å². The average molecular weight is 400 g/mol. The molecule has 1 aliphatic carbocycles. The number of anilines is 1. The van der Waals surface area contributed by atoms with E-state index in [9.17, 15) is 9.59 Å². The molecule has 3 aromatic rings. The highest BCUT2D eigenvalue weighted by molar-refractivity contribution is 7.17. The molecule has 138 valence electrons. The van der Waals surface area contributed by atoms with E-state index in [1.165, 1.54) is 16.2 Å². The quantitative estimate of drug-likeness (QED) is 0.687. The van der Waals surface area contributed by atoms with Crippen LogP contribution in [0.25, 0.3) is 0 Å². The summed E-state index contributed by atoms with van der Waals surface area (Å²) in [5.74, 6) is -0.520. The number of carbonyl (C=O) groups excluding carboxylic acids is 2. The first-order valence-electron chi connectivity index (χ1n) is 8.62. The first kappa shape index (κ1) is 17.7. The summed E-state index contributed by atoms with van der Waals surface area (Å²) in [5, 5.41) is 11.8. The van der Waals surface area contributed by atoms with E-state index in [-0.39, 0.29) is 17.5 Å². The minimum absolute atomic E-state index is 0.176. The number of rotatable bonds is 5. The van der Waals surface area contributed by atoms with Crippen molar-refractivity contribution in [3.05, 3.63) is 57.2 Å². The molecule has 0 spiro atoms. The van der Waals surface area contributed by atoms with E-state index in [2.05, 4.69) is 25.2 Å². The van der Waals surface area contributed by atoms with Crippen molar-refractivity contribution in [1.29, 1.82) is 0 Å². The summed E-state index contributed by atoms with van der Waals surface area (Å²) in [6.45, 7) is 0.390. The van der Waals surface area contributed by atoms with Crippen LogP contribution in [-0.2, 0) is 19.4 Å². The van der Waals surface area contributed by atoms with E-state index >= 15 is 0 Å². The molecule has 27 heavy (non-hydrogen) atoms. The minimum atomic E-state index is -0.344. The molecule has 3 heterocycles. The topological polar surface area (TPSA) is 96.9 Å². The molecule has 0 aliphatic heterocycles. The van der Waals surface area contributed by atoms with E-state index < -0.39 is 0 Å². The number of hydrogen-bond acceptors (Lipinski definition) is 7. The van der Waals surface area contributed by atoms with Crippen molar-refractivity contribution in [3.8, 4) is 0 Å². The molecule has 0 saturated heterocycles. The Morgan fingerprint density at radius 2 is 2.07 bits per heavy atom. The van der Waals surface area contributed by atoms with Crippen molar-refractivity contribution < 1.29 is 9.59 Å². The fourth-order valence-corrected chi connectivity index (χ4v) is 4.82. The molecule has 0 aromatic carbocycles. The molecule has 3 aromatic heterocycles. The summed E-state index contributed by atoms with van der Waals surface area (Å²) >= 11 is 2.61. The Morgan fingerprint density at radius 3 is 2.85 bits per heavy atom. The van der Waals surface area contributed by atoms with Gasteiger partial charge in [0.25, 0.3) is 11.8 Å². The Kier molecular flexibility index (Phi) is 5.21. The maximum atomic E-state index is 12.9. The summed E-state index contributed by atoms with van der Waals surface area (Å²) in [5.41, 5.74) is 2.82. The number of nitrogens with one attached hydrogen (secondary N) is 2. The van der Waals surface area contributed by atoms with Crippen molar-refractivity contribution in [2.75, 3.05) is 5.32 Å². The average Bonchev–Trinajstić information content (AvgIpc) is 3.34. The number of thiophene rings is 1. The molecule has 0 fully saturated rings. The lowest BCUT2D eigenvalue weighted by molar-refractivity contribution is 0.0951. The van der Waals surface area contributed by atoms with Gasteiger partial charge in [0.2, 0.25) is 0 Å². The number of nitrogens with zero attached hydrogens (tertiary/aromatic N) is 3. The second-order valence-electron chi connectivity index (χ2n) is 6.20. The Bertz CT molecular complexity index is 954. The van der Waals surface area contributed by atoms with Gasteiger partial charge < -0.3 is 10.6 Å². The first-order valence-corrected chi connectivity index (χ1v) is 10.3. The van der Waals surface area contributed by atoms with Crippen LogP contribution in [0.2, 0.25) is 0 Å². The molecule has 4 rings (SSSR count). The second kappa shape index (κ2) is 7.93. The van der Waals surface area contributed by atoms with Crippen LogP contribution in [0.4, 0.5) is 5.00 Å². The van der Waals surface area contributed by atoms with Crippen LogP contribution < -0.4 is 10.6 Å². The Morgan fingerprint density at radius 1 is 1.19 bits per heavy atom. The third-order valence-corrected chi connectivity index (χ3v) is 6.11. The van der Waals surface area contributed by atoms with Crippen LogP contribution in [0.5, 0.6) is 0 Å². The lowest BCUT2D eigenvalue weighted by Crippen LogP contribution is -2.25. The Labute approximate surface area is 164 Å². The maximum absolute atomic E-state index is 12.9. The minimum Gasteiger partial charge on any atom is -0.348 e. The predicted octanol–water partition coefficient (Wildman–Crippen LogP) is 3.06. The highest BCUT2D eigenvalue weighted by Crippen LogP contribution is 2.38. The van der Waals surface area contributed by atoms with Crippen LogP contribution in [0.1, 0.15) is 49.7 Å². The maximum Gasteiger partial charge on any atom is 0.277 e. The van der Waals surface area contributed by atoms with Gasteiger partial charge in [0, 0.05) is 29.2 Å². The summed E-state index contributed by atoms with van der Waals surface area (Å²) in [6, 6.07) is 3.75. The van der Waals surface area contributed by atoms with Crippen molar-refractivity contribution in [1.82, 2.24) is 19.9 Å². The first-order chi connectivity index (χ1) is 13.2. The largest absolute Gasteiger partial charge is 0.348 e. The van der Waals surface area contributed by atoms with Crippen molar-refractivity contribution >= 4 is 39.7 Å². The molecule has 7 nitrogen and oxygen atoms in total. The van der Waals surface area contributed by atoms with Gasteiger partial charge in [-0.25, -0.2) is 0 Å². The second-order valence-corrected chi connectivity index (χ2v) is 7.92. The van der Waals surface area contributed by atoms with E-state index in [1.807, 2.05) is 12.1 Å². The van der Waals surface area contributed by atoms with E-state index in [0.29, 0.717) is 17.1 Å². The van der Waals surface area contributed by atoms with Crippen molar-refractivity contribution in [2.45, 2.75) is 32.2 Å². The van der Waals surface area contributed by atoms with Gasteiger partial charge in [-0.15, -0.1) is 16.4 Å². The molecule has 0 radical (unpaired) electrons. The van der Waals surface area contributed by atoms with Gasteiger partial charge in [-0.2, -0.15) is 0 Å². The zero-order valence-electron chi connectivity index (χ0n) is 14.4. The lowest BCUT2D eigenvalue weighted by Gasteiger charge is -2.13. The molecule has 1 aliphatic rings. The Hall–Kier alpha value is -2.65. The lowest BCUT2D eigenvalue weighted by atomic mass is 9.95. The van der Waals surface area contributed by atoms with Gasteiger partial charge in [-0.3, -0.25) is 14.6 Å². The molecule has 0 bridgehead atoms. The summed E-state index contributed by atoms with van der Waals surface area (Å²) in [6.07, 6.45) is 7.37. The number of hydrogen-bond donors (Lipinski definition) is 2. The van der Waals surface area contributed by atoms with Crippen molar-refractivity contribution in [3.63, 3.8) is 0 Å². The fraction of sp³-hybridized carbons (Fsp3) is 0.278. The van der Waals surface area contributed by atoms with Crippen LogP contribution in [0.15, 0.2) is 29.9 Å². The standard InChI is InChI=1S/C18H17N5O2S2/c24-16(13-10-26-23-22-13)21-18-15(12-5-1-2-6-14(12)27-18)17(25)20-9-11-4-3-7-19-8-11/h3-4,7-8,10H,1-2,5-6,9H2,(H,20,25)(H,21,24). The van der Waals surface area contributed by atoms with Gasteiger partial charge in [0.15, 0.2) is 5.69 Å². The van der Waals surface area contributed by atoms with Gasteiger partial charge in [-0.05, 0) is 54.4 Å². The van der Waals surface area contributed by atoms with Crippen LogP contribution >= 0.6 is 22.9 Å². The van der Waals surface area contributed by atoms with Crippen LogP contribution in [-0.4, -0.2) is 26.4 Å². The highest BCUT2D eigenvalue weighted by atomic mass is 32.1. The normalized spacial score (nSPS) is 13.0. The number of aromatic nitrogens is 3. The Balaban J connectivity index is 1.58. The third-order valence-electron chi connectivity index (χ3n) is 4.39. The molecule has 0 atom stereocenters. The molecule has 0 saturated carbocycles. The monoisotopic (exact) mass is 399 g/mol. The van der Waals surface area contributed by atoms with Crippen LogP contribution in [0.3, 0.4) is 0 Å². The van der Waals surface area contributed by atoms with Gasteiger partial charge in [0.1, 0.15) is 5.00 Å². The predicted molar refractivity (Wildman–Crippen MR) is 104 cm³/mol. The molecule has 9 heteroatoms. The number of aryl methyl sites for hydroxylation is 1. The number of fused-ring (bicyclic) bond motifs is 1. The summed E-state index contributed by atoms with van der Waals surface area (Å²) in [4.78, 5) is 30.6. The highest BCUT2D eigenvalue weighted by Gasteiger charge is 2.26. The number of carbonyl (C=O) groups is 2. The summed E-state index contributed by atoms with van der Waals surface area (Å²) in [7, 11) is 0. The van der Waals surface area contributed by atoms with Crippen molar-refractivity contribution in [2.24, 2.45) is 0 Å². The SMILES string of the molecule is O=C(Nc1sc2c(c1C(=O)NCc1cccnc1)CCCC2)c1csnn1. The van der Waals surface area contributed by atoms with E-state index in [1.54, 1.807) is 17.8 Å². The van der Waals surface area contributed by atoms with Gasteiger partial charge in [-0.1, -0.05) is 10.6 Å². The smallest absolute Gasteiger partial charge is 0.277 e. The van der Waals surface area contributed by atoms with E-state index in [0.717, 1.165) is 48.3 Å². The molecule has 0 unspecified atom stereocenters. The fourth-order valence-electron chi connectivity index (χ4n) is 3.10. The zero-order valence-corrected chi connectivity index (χ0v) is 16.0. The number of pyridine rings is 1. The molecule has 2 N–H and O–H groups in total. The summed E-state index contributed by atoms with van der Waals surface area (Å²) < 4.78 is 3.72. The third kappa shape index (κ3) is 3.88. The van der Waals surface area contributed by atoms with Gasteiger partial charge in [0.05, 0.1) is 5.56 Å². The molecular formula is C18H17N5O2S2. The number of amides is 2. The zero-order chi connectivity index (χ0) is 18.6. The molecule has 2 amide bonds.